The Balaban J connectivity index is 1.61. The maximum Gasteiger partial charge on any atom is 0.127 e. The molecule has 4 rings (SSSR count). The zero-order chi connectivity index (χ0) is 22.2. The lowest BCUT2D eigenvalue weighted by Gasteiger charge is -2.32. The SMILES string of the molecule is COc1ccc(C(c2ccc(OCc3ccccc3)cc2)N2CCCNCC2)c(OC)c1. The number of hydrogen-bond acceptors (Lipinski definition) is 5. The Labute approximate surface area is 190 Å². The molecule has 0 bridgehead atoms. The third-order valence-corrected chi connectivity index (χ3v) is 5.92. The molecule has 1 atom stereocenters. The topological polar surface area (TPSA) is 43.0 Å². The summed E-state index contributed by atoms with van der Waals surface area (Å²) in [7, 11) is 3.40. The molecule has 5 nitrogen and oxygen atoms in total. The highest BCUT2D eigenvalue weighted by molar-refractivity contribution is 5.47. The monoisotopic (exact) mass is 432 g/mol. The van der Waals surface area contributed by atoms with E-state index in [9.17, 15) is 0 Å². The number of nitrogens with one attached hydrogen (secondary N) is 1. The molecule has 0 aromatic heterocycles. The minimum atomic E-state index is 0.0962. The van der Waals surface area contributed by atoms with Gasteiger partial charge < -0.3 is 19.5 Å². The van der Waals surface area contributed by atoms with Crippen molar-refractivity contribution in [1.82, 2.24) is 10.2 Å². The summed E-state index contributed by atoms with van der Waals surface area (Å²) < 4.78 is 17.2. The highest BCUT2D eigenvalue weighted by Gasteiger charge is 2.26. The molecule has 0 spiro atoms. The average molecular weight is 433 g/mol. The molecule has 1 fully saturated rings. The van der Waals surface area contributed by atoms with Gasteiger partial charge in [-0.2, -0.15) is 0 Å². The van der Waals surface area contributed by atoms with Crippen LogP contribution in [0, 0.1) is 0 Å². The van der Waals surface area contributed by atoms with Crippen LogP contribution in [0.25, 0.3) is 0 Å². The lowest BCUT2D eigenvalue weighted by molar-refractivity contribution is 0.235. The van der Waals surface area contributed by atoms with Gasteiger partial charge in [-0.25, -0.2) is 0 Å². The smallest absolute Gasteiger partial charge is 0.127 e. The van der Waals surface area contributed by atoms with E-state index >= 15 is 0 Å². The molecule has 1 saturated heterocycles. The summed E-state index contributed by atoms with van der Waals surface area (Å²) in [5.74, 6) is 2.51. The van der Waals surface area contributed by atoms with Crippen LogP contribution in [0.5, 0.6) is 17.2 Å². The molecule has 32 heavy (non-hydrogen) atoms. The Hall–Kier alpha value is -3.02. The molecule has 0 saturated carbocycles. The number of ether oxygens (including phenoxy) is 3. The Morgan fingerprint density at radius 2 is 1.62 bits per heavy atom. The third-order valence-electron chi connectivity index (χ3n) is 5.92. The first-order valence-electron chi connectivity index (χ1n) is 11.2. The van der Waals surface area contributed by atoms with E-state index in [0.717, 1.165) is 61.0 Å². The van der Waals surface area contributed by atoms with Crippen molar-refractivity contribution in [2.45, 2.75) is 19.1 Å². The summed E-state index contributed by atoms with van der Waals surface area (Å²) in [5, 5.41) is 3.51. The second kappa shape index (κ2) is 11.0. The Bertz CT molecular complexity index is 968. The third kappa shape index (κ3) is 5.42. The molecule has 1 heterocycles. The minimum absolute atomic E-state index is 0.0962. The molecule has 0 radical (unpaired) electrons. The largest absolute Gasteiger partial charge is 0.497 e. The van der Waals surface area contributed by atoms with Gasteiger partial charge in [0, 0.05) is 31.3 Å². The molecule has 5 heteroatoms. The van der Waals surface area contributed by atoms with Crippen LogP contribution in [0.2, 0.25) is 0 Å². The molecule has 3 aromatic rings. The summed E-state index contributed by atoms with van der Waals surface area (Å²) >= 11 is 0. The molecule has 168 valence electrons. The van der Waals surface area contributed by atoms with Crippen LogP contribution in [0.3, 0.4) is 0 Å². The van der Waals surface area contributed by atoms with Gasteiger partial charge in [-0.1, -0.05) is 42.5 Å². The standard InChI is InChI=1S/C27H32N2O3/c1-30-24-13-14-25(26(19-24)31-2)27(29-17-6-15-28-16-18-29)22-9-11-23(12-10-22)32-20-21-7-4-3-5-8-21/h3-5,7-14,19,27-28H,6,15-18,20H2,1-2H3. The molecular formula is C27H32N2O3. The van der Waals surface area contributed by atoms with E-state index in [1.165, 1.54) is 5.56 Å². The van der Waals surface area contributed by atoms with E-state index in [1.54, 1.807) is 14.2 Å². The number of methoxy groups -OCH3 is 2. The van der Waals surface area contributed by atoms with E-state index in [4.69, 9.17) is 14.2 Å². The summed E-state index contributed by atoms with van der Waals surface area (Å²) in [4.78, 5) is 2.53. The van der Waals surface area contributed by atoms with Gasteiger partial charge in [0.05, 0.1) is 20.3 Å². The zero-order valence-electron chi connectivity index (χ0n) is 18.9. The highest BCUT2D eigenvalue weighted by Crippen LogP contribution is 2.37. The van der Waals surface area contributed by atoms with Crippen molar-refractivity contribution in [3.8, 4) is 17.2 Å². The number of hydrogen-bond donors (Lipinski definition) is 1. The van der Waals surface area contributed by atoms with Crippen LogP contribution in [-0.4, -0.2) is 45.3 Å². The van der Waals surface area contributed by atoms with E-state index < -0.39 is 0 Å². The maximum atomic E-state index is 6.01. The number of benzene rings is 3. The average Bonchev–Trinajstić information content (AvgIpc) is 3.14. The van der Waals surface area contributed by atoms with Crippen molar-refractivity contribution in [3.05, 3.63) is 89.5 Å². The van der Waals surface area contributed by atoms with E-state index in [0.29, 0.717) is 6.61 Å². The maximum absolute atomic E-state index is 6.01. The first-order valence-corrected chi connectivity index (χ1v) is 11.2. The van der Waals surface area contributed by atoms with Crippen LogP contribution < -0.4 is 19.5 Å². The molecule has 0 amide bonds. The van der Waals surface area contributed by atoms with Gasteiger partial charge in [0.2, 0.25) is 0 Å². The second-order valence-corrected chi connectivity index (χ2v) is 7.99. The highest BCUT2D eigenvalue weighted by atomic mass is 16.5. The van der Waals surface area contributed by atoms with Gasteiger partial charge in [0.15, 0.2) is 0 Å². The van der Waals surface area contributed by atoms with E-state index in [2.05, 4.69) is 52.7 Å². The summed E-state index contributed by atoms with van der Waals surface area (Å²) in [6, 6.07) is 24.9. The van der Waals surface area contributed by atoms with Gasteiger partial charge in [0.1, 0.15) is 23.9 Å². The van der Waals surface area contributed by atoms with Gasteiger partial charge in [-0.05, 0) is 48.4 Å². The van der Waals surface area contributed by atoms with Gasteiger partial charge in [-0.15, -0.1) is 0 Å². The van der Waals surface area contributed by atoms with Gasteiger partial charge in [0.25, 0.3) is 0 Å². The van der Waals surface area contributed by atoms with Crippen LogP contribution in [0.4, 0.5) is 0 Å². The predicted molar refractivity (Wildman–Crippen MR) is 128 cm³/mol. The van der Waals surface area contributed by atoms with Gasteiger partial charge in [-0.3, -0.25) is 4.90 Å². The van der Waals surface area contributed by atoms with Crippen molar-refractivity contribution >= 4 is 0 Å². The summed E-state index contributed by atoms with van der Waals surface area (Å²) in [6.45, 7) is 4.60. The minimum Gasteiger partial charge on any atom is -0.497 e. The quantitative estimate of drug-likeness (QED) is 0.560. The fraction of sp³-hybridized carbons (Fsp3) is 0.333. The molecule has 3 aromatic carbocycles. The summed E-state index contributed by atoms with van der Waals surface area (Å²) in [6.07, 6.45) is 1.12. The zero-order valence-corrected chi connectivity index (χ0v) is 18.9. The number of rotatable bonds is 8. The van der Waals surface area contributed by atoms with E-state index in [1.807, 2.05) is 30.3 Å². The fourth-order valence-electron chi connectivity index (χ4n) is 4.24. The molecule has 0 aliphatic carbocycles. The fourth-order valence-corrected chi connectivity index (χ4v) is 4.24. The Kier molecular flexibility index (Phi) is 7.64. The van der Waals surface area contributed by atoms with Crippen LogP contribution >= 0.6 is 0 Å². The Morgan fingerprint density at radius 1 is 0.844 bits per heavy atom. The molecule has 1 unspecified atom stereocenters. The van der Waals surface area contributed by atoms with Crippen molar-refractivity contribution < 1.29 is 14.2 Å². The number of nitrogens with zero attached hydrogens (tertiary/aromatic N) is 1. The van der Waals surface area contributed by atoms with Crippen molar-refractivity contribution in [1.29, 1.82) is 0 Å². The lowest BCUT2D eigenvalue weighted by Crippen LogP contribution is -2.33. The van der Waals surface area contributed by atoms with Gasteiger partial charge >= 0.3 is 0 Å². The molecular weight excluding hydrogens is 400 g/mol. The summed E-state index contributed by atoms with van der Waals surface area (Å²) in [5.41, 5.74) is 3.53. The van der Waals surface area contributed by atoms with Crippen molar-refractivity contribution in [2.24, 2.45) is 0 Å². The Morgan fingerprint density at radius 3 is 2.38 bits per heavy atom. The van der Waals surface area contributed by atoms with Crippen LogP contribution in [-0.2, 0) is 6.61 Å². The molecule has 1 aliphatic heterocycles. The van der Waals surface area contributed by atoms with Crippen molar-refractivity contribution in [3.63, 3.8) is 0 Å². The molecule has 1 N–H and O–H groups in total. The molecule has 1 aliphatic rings. The van der Waals surface area contributed by atoms with Crippen LogP contribution in [0.15, 0.2) is 72.8 Å². The second-order valence-electron chi connectivity index (χ2n) is 7.99. The van der Waals surface area contributed by atoms with E-state index in [-0.39, 0.29) is 6.04 Å². The predicted octanol–water partition coefficient (Wildman–Crippen LogP) is 4.67. The first-order chi connectivity index (χ1) is 15.8. The van der Waals surface area contributed by atoms with Crippen molar-refractivity contribution in [2.75, 3.05) is 40.4 Å². The first kappa shape index (κ1) is 22.2. The lowest BCUT2D eigenvalue weighted by atomic mass is 9.95. The van der Waals surface area contributed by atoms with Crippen LogP contribution in [0.1, 0.15) is 29.2 Å². The normalized spacial score (nSPS) is 15.6.